The quantitative estimate of drug-likeness (QED) is 0.798. The van der Waals surface area contributed by atoms with Crippen LogP contribution in [0.15, 0.2) is 22.7 Å². The van der Waals surface area contributed by atoms with Crippen LogP contribution in [0.2, 0.25) is 0 Å². The Kier molecular flexibility index (Phi) is 4.25. The van der Waals surface area contributed by atoms with Crippen LogP contribution >= 0.6 is 15.9 Å². The molecule has 1 aromatic carbocycles. The van der Waals surface area contributed by atoms with Gasteiger partial charge in [0.1, 0.15) is 5.75 Å². The molecule has 1 rings (SSSR count). The van der Waals surface area contributed by atoms with Crippen molar-refractivity contribution in [2.24, 2.45) is 0 Å². The molecular weight excluding hydrogens is 230 g/mol. The van der Waals surface area contributed by atoms with E-state index in [2.05, 4.69) is 28.2 Å². The van der Waals surface area contributed by atoms with Crippen LogP contribution < -0.4 is 5.32 Å². The number of rotatable bonds is 4. The second kappa shape index (κ2) is 5.25. The van der Waals surface area contributed by atoms with Gasteiger partial charge in [-0.15, -0.1) is 0 Å². The summed E-state index contributed by atoms with van der Waals surface area (Å²) >= 11 is 3.37. The third-order valence-corrected chi connectivity index (χ3v) is 2.28. The van der Waals surface area contributed by atoms with E-state index >= 15 is 0 Å². The van der Waals surface area contributed by atoms with E-state index in [1.165, 1.54) is 0 Å². The molecule has 0 aromatic heterocycles. The smallest absolute Gasteiger partial charge is 0.120 e. The molecule has 0 saturated carbocycles. The number of halogens is 1. The van der Waals surface area contributed by atoms with Crippen LogP contribution in [-0.4, -0.2) is 11.7 Å². The van der Waals surface area contributed by atoms with E-state index in [0.29, 0.717) is 5.75 Å². The first kappa shape index (κ1) is 10.5. The molecule has 0 aliphatic heterocycles. The minimum atomic E-state index is 0.354. The first-order valence-electron chi connectivity index (χ1n) is 4.42. The van der Waals surface area contributed by atoms with Crippen LogP contribution in [0.5, 0.6) is 5.75 Å². The Morgan fingerprint density at radius 1 is 1.46 bits per heavy atom. The van der Waals surface area contributed by atoms with Crippen LogP contribution in [0, 0.1) is 0 Å². The van der Waals surface area contributed by atoms with Crippen molar-refractivity contribution in [3.05, 3.63) is 28.2 Å². The number of benzene rings is 1. The molecule has 0 spiro atoms. The highest BCUT2D eigenvalue weighted by atomic mass is 79.9. The molecular formula is C10H14BrNO. The van der Waals surface area contributed by atoms with Crippen LogP contribution in [0.4, 0.5) is 0 Å². The predicted octanol–water partition coefficient (Wildman–Crippen LogP) is 2.65. The SMILES string of the molecule is CCCNCc1cc(Br)ccc1O. The molecule has 0 saturated heterocycles. The van der Waals surface area contributed by atoms with Crippen molar-refractivity contribution in [3.63, 3.8) is 0 Å². The molecule has 0 amide bonds. The lowest BCUT2D eigenvalue weighted by atomic mass is 10.2. The summed E-state index contributed by atoms with van der Waals surface area (Å²) in [6.07, 6.45) is 1.11. The van der Waals surface area contributed by atoms with Crippen molar-refractivity contribution in [2.75, 3.05) is 6.54 Å². The Labute approximate surface area is 87.1 Å². The van der Waals surface area contributed by atoms with Gasteiger partial charge in [0.2, 0.25) is 0 Å². The van der Waals surface area contributed by atoms with Gasteiger partial charge < -0.3 is 10.4 Å². The Balaban J connectivity index is 2.59. The lowest BCUT2D eigenvalue weighted by Crippen LogP contribution is -2.13. The zero-order valence-electron chi connectivity index (χ0n) is 7.68. The van der Waals surface area contributed by atoms with Crippen LogP contribution in [0.1, 0.15) is 18.9 Å². The van der Waals surface area contributed by atoms with Gasteiger partial charge in [0.25, 0.3) is 0 Å². The second-order valence-corrected chi connectivity index (χ2v) is 3.87. The lowest BCUT2D eigenvalue weighted by molar-refractivity contribution is 0.464. The van der Waals surface area contributed by atoms with E-state index in [9.17, 15) is 5.11 Å². The van der Waals surface area contributed by atoms with Gasteiger partial charge in [0.05, 0.1) is 0 Å². The first-order chi connectivity index (χ1) is 6.24. The standard InChI is InChI=1S/C10H14BrNO/c1-2-5-12-7-8-6-9(11)3-4-10(8)13/h3-4,6,12-13H,2,5,7H2,1H3. The number of hydrogen-bond acceptors (Lipinski definition) is 2. The molecule has 13 heavy (non-hydrogen) atoms. The molecule has 0 aliphatic carbocycles. The third kappa shape index (κ3) is 3.36. The molecule has 3 heteroatoms. The molecule has 2 N–H and O–H groups in total. The number of phenolic OH excluding ortho intramolecular Hbond substituents is 1. The summed E-state index contributed by atoms with van der Waals surface area (Å²) in [6.45, 7) is 3.82. The first-order valence-corrected chi connectivity index (χ1v) is 5.21. The fourth-order valence-corrected chi connectivity index (χ4v) is 1.50. The molecule has 0 radical (unpaired) electrons. The highest BCUT2D eigenvalue weighted by molar-refractivity contribution is 9.10. The highest BCUT2D eigenvalue weighted by Crippen LogP contribution is 2.21. The van der Waals surface area contributed by atoms with E-state index < -0.39 is 0 Å². The minimum absolute atomic E-state index is 0.354. The number of phenols is 1. The van der Waals surface area contributed by atoms with E-state index in [-0.39, 0.29) is 0 Å². The fraction of sp³-hybridized carbons (Fsp3) is 0.400. The molecule has 1 aromatic rings. The van der Waals surface area contributed by atoms with Gasteiger partial charge >= 0.3 is 0 Å². The van der Waals surface area contributed by atoms with Gasteiger partial charge in [0.15, 0.2) is 0 Å². The monoisotopic (exact) mass is 243 g/mol. The summed E-state index contributed by atoms with van der Waals surface area (Å²) in [5, 5.41) is 12.7. The number of nitrogens with one attached hydrogen (secondary N) is 1. The van der Waals surface area contributed by atoms with Crippen molar-refractivity contribution in [2.45, 2.75) is 19.9 Å². The van der Waals surface area contributed by atoms with Crippen molar-refractivity contribution in [1.29, 1.82) is 0 Å². The Bertz CT molecular complexity index is 276. The lowest BCUT2D eigenvalue weighted by Gasteiger charge is -2.05. The van der Waals surface area contributed by atoms with E-state index in [1.54, 1.807) is 6.07 Å². The van der Waals surface area contributed by atoms with Crippen molar-refractivity contribution in [1.82, 2.24) is 5.32 Å². The largest absolute Gasteiger partial charge is 0.508 e. The maximum absolute atomic E-state index is 9.47. The zero-order chi connectivity index (χ0) is 9.68. The van der Waals surface area contributed by atoms with Crippen LogP contribution in [-0.2, 0) is 6.54 Å². The van der Waals surface area contributed by atoms with Crippen molar-refractivity contribution in [3.8, 4) is 5.75 Å². The van der Waals surface area contributed by atoms with E-state index in [0.717, 1.165) is 29.5 Å². The predicted molar refractivity (Wildman–Crippen MR) is 57.8 cm³/mol. The Hall–Kier alpha value is -0.540. The summed E-state index contributed by atoms with van der Waals surface area (Å²) < 4.78 is 0.999. The minimum Gasteiger partial charge on any atom is -0.508 e. The average molecular weight is 244 g/mol. The Morgan fingerprint density at radius 2 is 2.23 bits per heavy atom. The molecule has 0 aliphatic rings. The topological polar surface area (TPSA) is 32.3 Å². The average Bonchev–Trinajstić information content (AvgIpc) is 2.11. The molecule has 0 heterocycles. The van der Waals surface area contributed by atoms with Crippen LogP contribution in [0.25, 0.3) is 0 Å². The summed E-state index contributed by atoms with van der Waals surface area (Å²) in [5.41, 5.74) is 0.933. The molecule has 0 unspecified atom stereocenters. The van der Waals surface area contributed by atoms with E-state index in [1.807, 2.05) is 12.1 Å². The maximum Gasteiger partial charge on any atom is 0.120 e. The van der Waals surface area contributed by atoms with Gasteiger partial charge in [-0.2, -0.15) is 0 Å². The van der Waals surface area contributed by atoms with Gasteiger partial charge in [-0.05, 0) is 31.2 Å². The fourth-order valence-electron chi connectivity index (χ4n) is 1.10. The van der Waals surface area contributed by atoms with Gasteiger partial charge in [-0.1, -0.05) is 22.9 Å². The molecule has 0 bridgehead atoms. The number of aromatic hydroxyl groups is 1. The van der Waals surface area contributed by atoms with Gasteiger partial charge in [-0.3, -0.25) is 0 Å². The summed E-state index contributed by atoms with van der Waals surface area (Å²) in [4.78, 5) is 0. The Morgan fingerprint density at radius 3 is 2.92 bits per heavy atom. The zero-order valence-corrected chi connectivity index (χ0v) is 9.26. The number of hydrogen-bond donors (Lipinski definition) is 2. The molecule has 72 valence electrons. The second-order valence-electron chi connectivity index (χ2n) is 2.95. The normalized spacial score (nSPS) is 10.3. The molecule has 2 nitrogen and oxygen atoms in total. The summed E-state index contributed by atoms with van der Waals surface area (Å²) in [5.74, 6) is 0.354. The summed E-state index contributed by atoms with van der Waals surface area (Å²) in [7, 11) is 0. The van der Waals surface area contributed by atoms with Gasteiger partial charge in [0, 0.05) is 16.6 Å². The highest BCUT2D eigenvalue weighted by Gasteiger charge is 2.00. The van der Waals surface area contributed by atoms with E-state index in [4.69, 9.17) is 0 Å². The van der Waals surface area contributed by atoms with Gasteiger partial charge in [-0.25, -0.2) is 0 Å². The van der Waals surface area contributed by atoms with Crippen molar-refractivity contribution >= 4 is 15.9 Å². The molecule has 0 fully saturated rings. The summed E-state index contributed by atoms with van der Waals surface area (Å²) in [6, 6.07) is 5.46. The molecule has 0 atom stereocenters. The maximum atomic E-state index is 9.47. The van der Waals surface area contributed by atoms with Crippen molar-refractivity contribution < 1.29 is 5.11 Å². The van der Waals surface area contributed by atoms with Crippen LogP contribution in [0.3, 0.4) is 0 Å². The third-order valence-electron chi connectivity index (χ3n) is 1.78.